The second kappa shape index (κ2) is 31.1. The van der Waals surface area contributed by atoms with Crippen molar-refractivity contribution in [3.63, 3.8) is 0 Å². The molecule has 0 saturated carbocycles. The maximum absolute atomic E-state index is 14.7. The summed E-state index contributed by atoms with van der Waals surface area (Å²) in [5.74, 6) is -3.79. The van der Waals surface area contributed by atoms with Gasteiger partial charge in [0.2, 0.25) is 0 Å². The molecule has 1 aromatic carbocycles. The van der Waals surface area contributed by atoms with Gasteiger partial charge in [0, 0.05) is 50.2 Å². The number of nitrogens with zero attached hydrogens (tertiary/aromatic N) is 2. The number of hydrogen-bond acceptors (Lipinski definition) is 17. The van der Waals surface area contributed by atoms with E-state index < -0.39 is 102 Å². The highest BCUT2D eigenvalue weighted by molar-refractivity contribution is 5.88. The summed E-state index contributed by atoms with van der Waals surface area (Å²) in [6.07, 6.45) is 2.77. The molecule has 18 atom stereocenters. The molecule has 0 amide bonds. The van der Waals surface area contributed by atoms with Crippen molar-refractivity contribution in [2.75, 3.05) is 34.4 Å². The Morgan fingerprint density at radius 1 is 0.803 bits per heavy atom. The molecule has 4 rings (SSSR count). The van der Waals surface area contributed by atoms with Gasteiger partial charge in [-0.25, -0.2) is 0 Å². The lowest BCUT2D eigenvalue weighted by Crippen LogP contribution is -2.61. The molecule has 0 radical (unpaired) electrons. The molecule has 2 unspecified atom stereocenters. The van der Waals surface area contributed by atoms with E-state index in [9.17, 15) is 30.0 Å². The van der Waals surface area contributed by atoms with E-state index >= 15 is 0 Å². The van der Waals surface area contributed by atoms with Crippen molar-refractivity contribution in [3.05, 3.63) is 30.3 Å². The first-order valence-corrected chi connectivity index (χ1v) is 28.8. The average Bonchev–Trinajstić information content (AvgIpc) is 3.37. The number of carbonyl (C=O) groups excluding carboxylic acids is 2. The number of likely N-dealkylation sites (N-methyl/N-ethyl adjacent to an activating group) is 1. The number of oxime groups is 1. The van der Waals surface area contributed by atoms with Crippen molar-refractivity contribution in [2.24, 2.45) is 28.8 Å². The fourth-order valence-corrected chi connectivity index (χ4v) is 11.7. The second-order valence-corrected chi connectivity index (χ2v) is 23.3. The van der Waals surface area contributed by atoms with E-state index in [4.69, 9.17) is 42.7 Å². The predicted octanol–water partition coefficient (Wildman–Crippen LogP) is 8.92. The number of methoxy groups -OCH3 is 1. The fraction of sp³-hybridized carbons (Fsp3) is 0.847. The van der Waals surface area contributed by atoms with Crippen molar-refractivity contribution in [1.29, 1.82) is 0 Å². The Balaban J connectivity index is 1.68. The minimum absolute atomic E-state index is 0.0242. The third-order valence-corrected chi connectivity index (χ3v) is 16.4. The Kier molecular flexibility index (Phi) is 26.9. The Hall–Kier alpha value is -2.97. The van der Waals surface area contributed by atoms with Crippen LogP contribution in [0.25, 0.3) is 0 Å². The van der Waals surface area contributed by atoms with Crippen LogP contribution in [0.1, 0.15) is 179 Å². The second-order valence-electron chi connectivity index (χ2n) is 23.3. The molecule has 3 saturated heterocycles. The van der Waals surface area contributed by atoms with E-state index in [0.29, 0.717) is 25.2 Å². The van der Waals surface area contributed by atoms with Crippen LogP contribution in [-0.2, 0) is 47.6 Å². The summed E-state index contributed by atoms with van der Waals surface area (Å²) in [5, 5.41) is 53.9. The lowest BCUT2D eigenvalue weighted by atomic mass is 9.73. The van der Waals surface area contributed by atoms with E-state index in [0.717, 1.165) is 31.4 Å². The van der Waals surface area contributed by atoms with Gasteiger partial charge in [0.25, 0.3) is 0 Å². The Morgan fingerprint density at radius 2 is 1.43 bits per heavy atom. The molecule has 0 spiro atoms. The highest BCUT2D eigenvalue weighted by Crippen LogP contribution is 2.42. The lowest BCUT2D eigenvalue weighted by molar-refractivity contribution is -0.318. The Labute approximate surface area is 456 Å². The van der Waals surface area contributed by atoms with Gasteiger partial charge in [-0.3, -0.25) is 9.59 Å². The SMILES string of the molecule is CCCCCCCCCCCCC(=O)O[C@H]1[C@H](C)OC(O[C@H]2[C@H](C)[C@@H](O[C@@H]3O[C@H](C)C[C@H](N(C)C)[C@H]3O)C(C)(O)C[C@@H](C)/C(=N\OCCCOc3ccccc3)[C@H](C)[C@@H](O)[C@](C)(O)[C@@H](CC)OC(=O)[C@@H]2C)C[C@@]1(C)OC. The maximum Gasteiger partial charge on any atom is 0.311 e. The van der Waals surface area contributed by atoms with E-state index in [1.807, 2.05) is 77.0 Å². The van der Waals surface area contributed by atoms with Gasteiger partial charge in [0.05, 0.1) is 54.4 Å². The number of cyclic esters (lactones) is 1. The molecule has 3 fully saturated rings. The number of hydrogen-bond donors (Lipinski definition) is 4. The van der Waals surface area contributed by atoms with Crippen molar-refractivity contribution in [1.82, 2.24) is 4.90 Å². The Morgan fingerprint density at radius 3 is 2.04 bits per heavy atom. The monoisotopic (exact) mass is 1080 g/mol. The van der Waals surface area contributed by atoms with E-state index in [2.05, 4.69) is 12.1 Å². The van der Waals surface area contributed by atoms with Crippen molar-refractivity contribution in [3.8, 4) is 5.75 Å². The summed E-state index contributed by atoms with van der Waals surface area (Å²) < 4.78 is 51.1. The zero-order chi connectivity index (χ0) is 56.4. The van der Waals surface area contributed by atoms with Crippen molar-refractivity contribution in [2.45, 2.75) is 263 Å². The first kappa shape index (κ1) is 65.5. The van der Waals surface area contributed by atoms with E-state index in [1.165, 1.54) is 45.4 Å². The molecule has 17 nitrogen and oxygen atoms in total. The van der Waals surface area contributed by atoms with Gasteiger partial charge in [-0.05, 0) is 93.5 Å². The van der Waals surface area contributed by atoms with Gasteiger partial charge < -0.3 is 68.1 Å². The summed E-state index contributed by atoms with van der Waals surface area (Å²) >= 11 is 0. The number of aliphatic hydroxyl groups is 4. The largest absolute Gasteiger partial charge is 0.493 e. The van der Waals surface area contributed by atoms with Crippen LogP contribution >= 0.6 is 0 Å². The number of carbonyl (C=O) groups is 2. The number of esters is 2. The summed E-state index contributed by atoms with van der Waals surface area (Å²) in [4.78, 5) is 35.9. The summed E-state index contributed by atoms with van der Waals surface area (Å²) in [6.45, 7) is 20.1. The van der Waals surface area contributed by atoms with Crippen LogP contribution in [0.4, 0.5) is 0 Å². The van der Waals surface area contributed by atoms with Crippen LogP contribution in [0.5, 0.6) is 5.75 Å². The summed E-state index contributed by atoms with van der Waals surface area (Å²) in [5.41, 5.74) is -4.50. The highest BCUT2D eigenvalue weighted by atomic mass is 16.7. The van der Waals surface area contributed by atoms with E-state index in [-0.39, 0.29) is 50.4 Å². The third kappa shape index (κ3) is 18.6. The van der Waals surface area contributed by atoms with Crippen LogP contribution < -0.4 is 4.74 Å². The number of aliphatic hydroxyl groups excluding tert-OH is 2. The molecule has 3 heterocycles. The van der Waals surface area contributed by atoms with Gasteiger partial charge >= 0.3 is 11.9 Å². The molecule has 3 aliphatic heterocycles. The van der Waals surface area contributed by atoms with E-state index in [1.54, 1.807) is 41.7 Å². The molecule has 0 bridgehead atoms. The quantitative estimate of drug-likeness (QED) is 0.0409. The molecule has 4 N–H and O–H groups in total. The standard InChI is InChI=1S/C59H102N2O15/c1-15-17-18-19-20-21-22-23-24-28-32-47(62)74-54-43(8)72-48(37-58(54,10)68-14)75-51-41(6)53(76-56-50(63)45(61(12)13)35-39(4)71-56)57(9,66)36-38(3)49(60-70-34-29-33-69-44-30-26-25-27-31-44)40(5)52(64)59(11,67)46(16-2)73-55(65)42(51)7/h25-27,30-31,38-43,45-46,48,50-54,56,63-64,66-67H,15-24,28-29,32-37H2,1-14H3/b60-49+/t38-,39-,40+,41+,42-,43+,45+,46-,48?,50-,51+,52-,53-,54+,56+,57?,58-,59-/m1/s1. The molecular formula is C59H102N2O15. The van der Waals surface area contributed by atoms with Crippen LogP contribution in [0.2, 0.25) is 0 Å². The van der Waals surface area contributed by atoms with Crippen molar-refractivity contribution >= 4 is 17.7 Å². The number of para-hydroxylation sites is 1. The summed E-state index contributed by atoms with van der Waals surface area (Å²) in [6, 6.07) is 9.08. The average molecular weight is 1080 g/mol. The fourth-order valence-electron chi connectivity index (χ4n) is 11.7. The molecule has 17 heteroatoms. The lowest BCUT2D eigenvalue weighted by Gasteiger charge is -2.49. The first-order chi connectivity index (χ1) is 35.9. The van der Waals surface area contributed by atoms with Crippen LogP contribution in [0, 0.1) is 23.7 Å². The van der Waals surface area contributed by atoms with Crippen LogP contribution in [0.3, 0.4) is 0 Å². The maximum atomic E-state index is 14.7. The molecular weight excluding hydrogens is 977 g/mol. The van der Waals surface area contributed by atoms with Gasteiger partial charge in [0.15, 0.2) is 18.7 Å². The summed E-state index contributed by atoms with van der Waals surface area (Å²) in [7, 11) is 5.30. The van der Waals surface area contributed by atoms with Gasteiger partial charge in [-0.1, -0.05) is 116 Å². The van der Waals surface area contributed by atoms with Gasteiger partial charge in [-0.2, -0.15) is 0 Å². The number of rotatable bonds is 25. The zero-order valence-corrected chi connectivity index (χ0v) is 48.9. The number of ether oxygens (including phenoxy) is 8. The van der Waals surface area contributed by atoms with Gasteiger partial charge in [0.1, 0.15) is 35.8 Å². The molecule has 76 heavy (non-hydrogen) atoms. The number of benzene rings is 1. The molecule has 0 aliphatic carbocycles. The smallest absolute Gasteiger partial charge is 0.311 e. The molecule has 0 aromatic heterocycles. The number of unbranched alkanes of at least 4 members (excludes halogenated alkanes) is 9. The Bertz CT molecular complexity index is 1870. The predicted molar refractivity (Wildman–Crippen MR) is 292 cm³/mol. The topological polar surface area (TPSA) is 214 Å². The minimum Gasteiger partial charge on any atom is -0.493 e. The van der Waals surface area contributed by atoms with Crippen LogP contribution in [0.15, 0.2) is 35.5 Å². The molecule has 1 aromatic rings. The van der Waals surface area contributed by atoms with Crippen molar-refractivity contribution < 1.29 is 72.7 Å². The third-order valence-electron chi connectivity index (χ3n) is 16.4. The zero-order valence-electron chi connectivity index (χ0n) is 48.9. The highest BCUT2D eigenvalue weighted by Gasteiger charge is 2.54. The minimum atomic E-state index is -1.98. The molecule has 3 aliphatic rings. The normalized spacial score (nSPS) is 37.6. The first-order valence-electron chi connectivity index (χ1n) is 28.8. The van der Waals surface area contributed by atoms with Crippen LogP contribution in [-0.4, -0.2) is 162 Å². The van der Waals surface area contributed by atoms with Gasteiger partial charge in [-0.15, -0.1) is 0 Å². The molecule has 438 valence electrons.